The quantitative estimate of drug-likeness (QED) is 0.903. The average molecular weight is 319 g/mol. The van der Waals surface area contributed by atoms with Crippen molar-refractivity contribution in [3.05, 3.63) is 42.1 Å². The summed E-state index contributed by atoms with van der Waals surface area (Å²) in [7, 11) is 0. The lowest BCUT2D eigenvalue weighted by atomic mass is 10.2. The first kappa shape index (κ1) is 16.0. The minimum atomic E-state index is -0.570. The molecule has 0 spiro atoms. The van der Waals surface area contributed by atoms with E-state index in [0.29, 0.717) is 15.7 Å². The van der Waals surface area contributed by atoms with Crippen LogP contribution in [0.1, 0.15) is 31.1 Å². The first-order chi connectivity index (χ1) is 10.3. The summed E-state index contributed by atoms with van der Waals surface area (Å²) < 4.78 is 5.14. The molecule has 1 heterocycles. The van der Waals surface area contributed by atoms with Crippen molar-refractivity contribution in [3.63, 3.8) is 0 Å². The van der Waals surface area contributed by atoms with E-state index in [4.69, 9.17) is 4.74 Å². The number of aromatic nitrogens is 1. The minimum absolute atomic E-state index is 0.251. The van der Waals surface area contributed by atoms with E-state index in [0.717, 1.165) is 11.3 Å². The van der Waals surface area contributed by atoms with Crippen LogP contribution in [0, 0.1) is 0 Å². The molecule has 0 aliphatic heterocycles. The maximum atomic E-state index is 12.0. The molecule has 0 unspecified atom stereocenters. The summed E-state index contributed by atoms with van der Waals surface area (Å²) in [6, 6.07) is 8.83. The Morgan fingerprint density at radius 1 is 1.14 bits per heavy atom. The second kappa shape index (κ2) is 6.57. The molecule has 1 aromatic heterocycles. The van der Waals surface area contributed by atoms with Crippen molar-refractivity contribution in [2.45, 2.75) is 26.4 Å². The lowest BCUT2D eigenvalue weighted by molar-refractivity contribution is 0.0636. The van der Waals surface area contributed by atoms with Crippen LogP contribution in [0.5, 0.6) is 0 Å². The largest absolute Gasteiger partial charge is 0.444 e. The maximum Gasteiger partial charge on any atom is 0.412 e. The molecule has 0 aliphatic rings. The zero-order chi connectivity index (χ0) is 16.2. The molecule has 2 amide bonds. The number of nitrogens with zero attached hydrogens (tertiary/aromatic N) is 1. The molecular formula is C15H17N3O3S. The highest BCUT2D eigenvalue weighted by Gasteiger charge is 2.17. The number of amides is 2. The number of benzene rings is 1. The van der Waals surface area contributed by atoms with Crippen LogP contribution in [0.2, 0.25) is 0 Å². The molecule has 0 saturated carbocycles. The van der Waals surface area contributed by atoms with Gasteiger partial charge in [-0.05, 0) is 32.9 Å². The number of carbonyl (C=O) groups excluding carboxylic acids is 2. The molecule has 116 valence electrons. The fourth-order valence-corrected chi connectivity index (χ4v) is 2.25. The van der Waals surface area contributed by atoms with Gasteiger partial charge in [0.05, 0.1) is 6.20 Å². The molecule has 2 aromatic rings. The Labute approximate surface area is 132 Å². The monoisotopic (exact) mass is 319 g/mol. The van der Waals surface area contributed by atoms with E-state index in [-0.39, 0.29) is 5.91 Å². The summed E-state index contributed by atoms with van der Waals surface area (Å²) in [6.07, 6.45) is 0.909. The van der Waals surface area contributed by atoms with Crippen LogP contribution in [-0.2, 0) is 4.74 Å². The molecule has 2 rings (SSSR count). The summed E-state index contributed by atoms with van der Waals surface area (Å²) in [5, 5.41) is 6.15. The highest BCUT2D eigenvalue weighted by molar-refractivity contribution is 7.19. The summed E-state index contributed by atoms with van der Waals surface area (Å²) >= 11 is 1.16. The van der Waals surface area contributed by atoms with Gasteiger partial charge in [-0.15, -0.1) is 0 Å². The predicted molar refractivity (Wildman–Crippen MR) is 86.4 cm³/mol. The number of hydrogen-bond acceptors (Lipinski definition) is 5. The van der Waals surface area contributed by atoms with Crippen LogP contribution in [0.25, 0.3) is 0 Å². The van der Waals surface area contributed by atoms with E-state index >= 15 is 0 Å². The highest BCUT2D eigenvalue weighted by atomic mass is 32.1. The fourth-order valence-electron chi connectivity index (χ4n) is 1.55. The number of anilines is 2. The molecule has 7 heteroatoms. The average Bonchev–Trinajstić information content (AvgIpc) is 2.84. The van der Waals surface area contributed by atoms with Gasteiger partial charge >= 0.3 is 6.09 Å². The van der Waals surface area contributed by atoms with E-state index in [1.165, 1.54) is 6.20 Å². The van der Waals surface area contributed by atoms with E-state index in [1.54, 1.807) is 45.0 Å². The van der Waals surface area contributed by atoms with Crippen LogP contribution >= 0.6 is 11.3 Å². The Morgan fingerprint density at radius 3 is 2.45 bits per heavy atom. The molecule has 1 aromatic carbocycles. The summed E-state index contributed by atoms with van der Waals surface area (Å²) in [4.78, 5) is 27.7. The first-order valence-electron chi connectivity index (χ1n) is 6.66. The van der Waals surface area contributed by atoms with Crippen molar-refractivity contribution in [1.29, 1.82) is 0 Å². The van der Waals surface area contributed by atoms with Crippen LogP contribution in [-0.4, -0.2) is 22.6 Å². The molecule has 0 radical (unpaired) electrons. The van der Waals surface area contributed by atoms with Crippen LogP contribution in [0.15, 0.2) is 36.5 Å². The Bertz CT molecular complexity index is 662. The zero-order valence-electron chi connectivity index (χ0n) is 12.5. The normalized spacial score (nSPS) is 10.9. The first-order valence-corrected chi connectivity index (χ1v) is 7.47. The lowest BCUT2D eigenvalue weighted by Crippen LogP contribution is -2.26. The van der Waals surface area contributed by atoms with Crippen LogP contribution in [0.3, 0.4) is 0 Å². The number of nitrogens with one attached hydrogen (secondary N) is 2. The molecule has 22 heavy (non-hydrogen) atoms. The molecule has 2 N–H and O–H groups in total. The van der Waals surface area contributed by atoms with Crippen molar-refractivity contribution in [3.8, 4) is 0 Å². The van der Waals surface area contributed by atoms with Gasteiger partial charge in [0.2, 0.25) is 0 Å². The van der Waals surface area contributed by atoms with Crippen molar-refractivity contribution >= 4 is 33.5 Å². The lowest BCUT2D eigenvalue weighted by Gasteiger charge is -2.19. The van der Waals surface area contributed by atoms with Crippen molar-refractivity contribution in [2.24, 2.45) is 0 Å². The molecule has 0 saturated heterocycles. The SMILES string of the molecule is CC(C)(C)OC(=O)Nc1cnc(NC(=O)c2ccccc2)s1. The van der Waals surface area contributed by atoms with Crippen LogP contribution < -0.4 is 10.6 Å². The Kier molecular flexibility index (Phi) is 4.77. The van der Waals surface area contributed by atoms with Gasteiger partial charge in [0.1, 0.15) is 10.6 Å². The zero-order valence-corrected chi connectivity index (χ0v) is 13.4. The minimum Gasteiger partial charge on any atom is -0.444 e. The van der Waals surface area contributed by atoms with Crippen LogP contribution in [0.4, 0.5) is 14.9 Å². The highest BCUT2D eigenvalue weighted by Crippen LogP contribution is 2.24. The molecule has 0 atom stereocenters. The van der Waals surface area contributed by atoms with Crippen molar-refractivity contribution in [1.82, 2.24) is 4.98 Å². The second-order valence-corrected chi connectivity index (χ2v) is 6.51. The molecule has 6 nitrogen and oxygen atoms in total. The summed E-state index contributed by atoms with van der Waals surface area (Å²) in [6.45, 7) is 5.35. The molecule has 0 fully saturated rings. The van der Waals surface area contributed by atoms with E-state index in [9.17, 15) is 9.59 Å². The van der Waals surface area contributed by atoms with Gasteiger partial charge in [0.25, 0.3) is 5.91 Å². The van der Waals surface area contributed by atoms with E-state index in [1.807, 2.05) is 6.07 Å². The van der Waals surface area contributed by atoms with E-state index in [2.05, 4.69) is 15.6 Å². The maximum absolute atomic E-state index is 12.0. The smallest absolute Gasteiger partial charge is 0.412 e. The molecule has 0 bridgehead atoms. The van der Waals surface area contributed by atoms with Gasteiger partial charge in [-0.3, -0.25) is 15.4 Å². The molecule has 0 aliphatic carbocycles. The Balaban J connectivity index is 1.94. The van der Waals surface area contributed by atoms with Gasteiger partial charge in [-0.1, -0.05) is 29.5 Å². The third-order valence-electron chi connectivity index (χ3n) is 2.39. The number of thiazole rings is 1. The topological polar surface area (TPSA) is 80.3 Å². The Hall–Kier alpha value is -2.41. The second-order valence-electron chi connectivity index (χ2n) is 5.48. The summed E-state index contributed by atoms with van der Waals surface area (Å²) in [5.41, 5.74) is -0.0292. The van der Waals surface area contributed by atoms with Crippen molar-refractivity contribution in [2.75, 3.05) is 10.6 Å². The molecular weight excluding hydrogens is 302 g/mol. The summed E-state index contributed by atoms with van der Waals surface area (Å²) in [5.74, 6) is -0.251. The van der Waals surface area contributed by atoms with Gasteiger partial charge in [0.15, 0.2) is 5.13 Å². The Morgan fingerprint density at radius 2 is 1.82 bits per heavy atom. The third kappa shape index (κ3) is 4.85. The number of carbonyl (C=O) groups is 2. The van der Waals surface area contributed by atoms with Gasteiger partial charge in [0, 0.05) is 5.56 Å². The number of rotatable bonds is 3. The number of ether oxygens (including phenoxy) is 1. The fraction of sp³-hybridized carbons (Fsp3) is 0.267. The van der Waals surface area contributed by atoms with Gasteiger partial charge in [-0.25, -0.2) is 9.78 Å². The van der Waals surface area contributed by atoms with E-state index < -0.39 is 11.7 Å². The van der Waals surface area contributed by atoms with Crippen molar-refractivity contribution < 1.29 is 14.3 Å². The predicted octanol–water partition coefficient (Wildman–Crippen LogP) is 3.74. The van der Waals surface area contributed by atoms with Gasteiger partial charge in [-0.2, -0.15) is 0 Å². The van der Waals surface area contributed by atoms with Gasteiger partial charge < -0.3 is 4.74 Å². The number of hydrogen-bond donors (Lipinski definition) is 2. The standard InChI is InChI=1S/C15H17N3O3S/c1-15(2,3)21-14(20)17-11-9-16-13(22-11)18-12(19)10-7-5-4-6-8-10/h4-9H,1-3H3,(H,17,20)(H,16,18,19). The third-order valence-corrected chi connectivity index (χ3v) is 3.21.